The van der Waals surface area contributed by atoms with E-state index < -0.39 is 0 Å². The van der Waals surface area contributed by atoms with Crippen molar-refractivity contribution in [3.05, 3.63) is 0 Å². The minimum absolute atomic E-state index is 0.00750. The van der Waals surface area contributed by atoms with Gasteiger partial charge in [0.25, 0.3) is 0 Å². The highest BCUT2D eigenvalue weighted by Gasteiger charge is 1.84. The summed E-state index contributed by atoms with van der Waals surface area (Å²) >= 11 is 0. The summed E-state index contributed by atoms with van der Waals surface area (Å²) < 4.78 is 0. The number of hydrogen-bond acceptors (Lipinski definition) is 4. The predicted molar refractivity (Wildman–Crippen MR) is 26.0 cm³/mol. The van der Waals surface area contributed by atoms with E-state index in [1.54, 1.807) is 0 Å². The first-order valence-electron chi connectivity index (χ1n) is 2.02. The average Bonchev–Trinajstić information content (AvgIpc) is 1.66. The molecule has 42 valence electrons. The van der Waals surface area contributed by atoms with Gasteiger partial charge in [0.05, 0.1) is 0 Å². The van der Waals surface area contributed by atoms with E-state index >= 15 is 0 Å². The Morgan fingerprint density at radius 2 is 2.50 bits per heavy atom. The first-order chi connectivity index (χ1) is 3.77. The Morgan fingerprint density at radius 3 is 2.88 bits per heavy atom. The minimum Gasteiger partial charge on any atom is -0.298 e. The van der Waals surface area contributed by atoms with Gasteiger partial charge in [-0.2, -0.15) is 10.4 Å². The van der Waals surface area contributed by atoms with E-state index in [1.807, 2.05) is 0 Å². The van der Waals surface area contributed by atoms with Gasteiger partial charge in [0.1, 0.15) is 6.54 Å². The lowest BCUT2D eigenvalue weighted by Crippen LogP contribution is -1.92. The summed E-state index contributed by atoms with van der Waals surface area (Å²) in [6.07, 6.45) is 1.43. The van der Waals surface area contributed by atoms with E-state index in [2.05, 4.69) is 10.2 Å². The van der Waals surface area contributed by atoms with E-state index in [0.29, 0.717) is 0 Å². The molecular formula is C4H5N3O. The normalized spacial score (nSPS) is 9.00. The van der Waals surface area contributed by atoms with Gasteiger partial charge in [-0.3, -0.25) is 4.79 Å². The maximum Gasteiger partial charge on any atom is 0.225 e. The van der Waals surface area contributed by atoms with Gasteiger partial charge >= 0.3 is 0 Å². The van der Waals surface area contributed by atoms with Crippen molar-refractivity contribution >= 4 is 5.78 Å². The average molecular weight is 111 g/mol. The maximum atomic E-state index is 10.1. The summed E-state index contributed by atoms with van der Waals surface area (Å²) in [6, 6.07) is 0. The van der Waals surface area contributed by atoms with Crippen LogP contribution in [0.3, 0.4) is 0 Å². The number of rotatable bonds is 2. The topological polar surface area (TPSA) is 65.6 Å². The molecule has 0 aromatic heterocycles. The van der Waals surface area contributed by atoms with E-state index in [4.69, 9.17) is 5.26 Å². The minimum atomic E-state index is -0.0935. The van der Waals surface area contributed by atoms with E-state index in [1.165, 1.54) is 13.1 Å². The predicted octanol–water partition coefficient (Wildman–Crippen LogP) is 0.509. The molecular weight excluding hydrogens is 106 g/mol. The molecule has 0 N–H and O–H groups in total. The second-order valence-electron chi connectivity index (χ2n) is 1.20. The fourth-order valence-corrected chi connectivity index (χ4v) is 0.167. The molecule has 0 aliphatic carbocycles. The van der Waals surface area contributed by atoms with Gasteiger partial charge in [-0.15, -0.1) is 0 Å². The Kier molecular flexibility index (Phi) is 3.32. The number of ketones is 1. The van der Waals surface area contributed by atoms with Crippen LogP contribution in [0.25, 0.3) is 0 Å². The quantitative estimate of drug-likeness (QED) is 0.385. The SMILES string of the molecule is CC(=O)CN=NC#N. The zero-order chi connectivity index (χ0) is 6.41. The van der Waals surface area contributed by atoms with Crippen molar-refractivity contribution in [3.8, 4) is 6.19 Å². The Bertz CT molecular complexity index is 144. The van der Waals surface area contributed by atoms with Crippen molar-refractivity contribution in [3.63, 3.8) is 0 Å². The molecule has 0 unspecified atom stereocenters. The monoisotopic (exact) mass is 111 g/mol. The van der Waals surface area contributed by atoms with Crippen LogP contribution >= 0.6 is 0 Å². The summed E-state index contributed by atoms with van der Waals surface area (Å²) in [7, 11) is 0. The van der Waals surface area contributed by atoms with Crippen LogP contribution in [0, 0.1) is 11.5 Å². The summed E-state index contributed by atoms with van der Waals surface area (Å²) in [5, 5.41) is 13.9. The van der Waals surface area contributed by atoms with Crippen molar-refractivity contribution in [2.24, 2.45) is 10.2 Å². The first-order valence-corrected chi connectivity index (χ1v) is 2.02. The van der Waals surface area contributed by atoms with Gasteiger partial charge < -0.3 is 0 Å². The Morgan fingerprint density at radius 1 is 1.88 bits per heavy atom. The van der Waals surface area contributed by atoms with Crippen molar-refractivity contribution in [2.75, 3.05) is 6.54 Å². The molecule has 0 bridgehead atoms. The van der Waals surface area contributed by atoms with Crippen molar-refractivity contribution in [2.45, 2.75) is 6.92 Å². The third-order valence-corrected chi connectivity index (χ3v) is 0.409. The Labute approximate surface area is 46.8 Å². The molecule has 0 aromatic rings. The van der Waals surface area contributed by atoms with Gasteiger partial charge in [0.15, 0.2) is 5.78 Å². The number of Topliss-reactive ketones (excluding diaryl/α,β-unsaturated/α-hetero) is 1. The largest absolute Gasteiger partial charge is 0.298 e. The van der Waals surface area contributed by atoms with E-state index in [9.17, 15) is 4.79 Å². The Hall–Kier alpha value is -1.24. The molecule has 0 saturated carbocycles. The molecule has 0 fully saturated rings. The summed E-state index contributed by atoms with van der Waals surface area (Å²) in [5.41, 5.74) is 0. The molecule has 8 heavy (non-hydrogen) atoms. The number of nitrogens with zero attached hydrogens (tertiary/aromatic N) is 3. The van der Waals surface area contributed by atoms with Crippen molar-refractivity contribution in [1.82, 2.24) is 0 Å². The molecule has 0 saturated heterocycles. The molecule has 4 heteroatoms. The van der Waals surface area contributed by atoms with Crippen LogP contribution in [0.1, 0.15) is 6.92 Å². The Balaban J connectivity index is 3.34. The lowest BCUT2D eigenvalue weighted by atomic mass is 10.5. The fourth-order valence-electron chi connectivity index (χ4n) is 0.167. The van der Waals surface area contributed by atoms with Crippen LogP contribution in [0.4, 0.5) is 0 Å². The van der Waals surface area contributed by atoms with Gasteiger partial charge in [-0.1, -0.05) is 5.11 Å². The lowest BCUT2D eigenvalue weighted by molar-refractivity contribution is -0.115. The second kappa shape index (κ2) is 3.93. The molecule has 0 rings (SSSR count). The third-order valence-electron chi connectivity index (χ3n) is 0.409. The maximum absolute atomic E-state index is 10.1. The number of carbonyl (C=O) groups is 1. The molecule has 0 radical (unpaired) electrons. The summed E-state index contributed by atoms with van der Waals surface area (Å²) in [5.74, 6) is -0.0935. The highest BCUT2D eigenvalue weighted by molar-refractivity contribution is 5.77. The summed E-state index contributed by atoms with van der Waals surface area (Å²) in [6.45, 7) is 1.39. The number of carbonyl (C=O) groups excluding carboxylic acids is 1. The lowest BCUT2D eigenvalue weighted by Gasteiger charge is -1.76. The van der Waals surface area contributed by atoms with Crippen molar-refractivity contribution in [1.29, 1.82) is 5.26 Å². The molecule has 0 amide bonds. The molecule has 4 nitrogen and oxygen atoms in total. The standard InChI is InChI=1S/C4H5N3O/c1-4(8)2-6-7-3-5/h2H2,1H3. The van der Waals surface area contributed by atoms with Gasteiger partial charge in [0.2, 0.25) is 6.19 Å². The van der Waals surface area contributed by atoms with Crippen LogP contribution in [-0.2, 0) is 4.79 Å². The molecule has 0 aliphatic heterocycles. The molecule has 0 heterocycles. The van der Waals surface area contributed by atoms with Gasteiger partial charge in [-0.05, 0) is 6.92 Å². The highest BCUT2D eigenvalue weighted by atomic mass is 16.1. The number of azo groups is 1. The van der Waals surface area contributed by atoms with Gasteiger partial charge in [-0.25, -0.2) is 0 Å². The molecule has 0 aromatic carbocycles. The smallest absolute Gasteiger partial charge is 0.225 e. The van der Waals surface area contributed by atoms with Crippen LogP contribution in [-0.4, -0.2) is 12.3 Å². The van der Waals surface area contributed by atoms with Gasteiger partial charge in [0, 0.05) is 0 Å². The third kappa shape index (κ3) is 4.76. The number of hydrogen-bond donors (Lipinski definition) is 0. The first kappa shape index (κ1) is 6.76. The van der Waals surface area contributed by atoms with Crippen LogP contribution in [0.2, 0.25) is 0 Å². The summed E-state index contributed by atoms with van der Waals surface area (Å²) in [4.78, 5) is 10.1. The van der Waals surface area contributed by atoms with Crippen molar-refractivity contribution < 1.29 is 4.79 Å². The number of nitriles is 1. The molecule has 0 aliphatic rings. The van der Waals surface area contributed by atoms with Crippen LogP contribution in [0.15, 0.2) is 10.2 Å². The zero-order valence-corrected chi connectivity index (χ0v) is 4.46. The van der Waals surface area contributed by atoms with Crippen LogP contribution < -0.4 is 0 Å². The highest BCUT2D eigenvalue weighted by Crippen LogP contribution is 1.73. The molecule has 0 spiro atoms. The second-order valence-corrected chi connectivity index (χ2v) is 1.20. The van der Waals surface area contributed by atoms with E-state index in [0.717, 1.165) is 0 Å². The fraction of sp³-hybridized carbons (Fsp3) is 0.500. The van der Waals surface area contributed by atoms with E-state index in [-0.39, 0.29) is 12.3 Å². The zero-order valence-electron chi connectivity index (χ0n) is 4.46. The van der Waals surface area contributed by atoms with Crippen LogP contribution in [0.5, 0.6) is 0 Å². The molecule has 0 atom stereocenters.